The summed E-state index contributed by atoms with van der Waals surface area (Å²) in [6, 6.07) is 11.7. The Labute approximate surface area is 199 Å². The van der Waals surface area contributed by atoms with Crippen molar-refractivity contribution in [1.29, 1.82) is 0 Å². The zero-order chi connectivity index (χ0) is 24.3. The third-order valence-corrected chi connectivity index (χ3v) is 5.75. The van der Waals surface area contributed by atoms with E-state index in [4.69, 9.17) is 14.5 Å². The maximum absolute atomic E-state index is 13.0. The number of methoxy groups -OCH3 is 1. The second-order valence-corrected chi connectivity index (χ2v) is 9.79. The van der Waals surface area contributed by atoms with Crippen molar-refractivity contribution in [3.05, 3.63) is 53.9 Å². The first kappa shape index (κ1) is 23.8. The lowest BCUT2D eigenvalue weighted by molar-refractivity contribution is -0.124. The molecule has 3 aromatic rings. The molecule has 1 aliphatic heterocycles. The van der Waals surface area contributed by atoms with Crippen LogP contribution in [0.3, 0.4) is 0 Å². The maximum Gasteiger partial charge on any atom is 0.356 e. The summed E-state index contributed by atoms with van der Waals surface area (Å²) in [7, 11) is 1.34. The Bertz CT molecular complexity index is 1170. The van der Waals surface area contributed by atoms with E-state index in [0.29, 0.717) is 36.3 Å². The molecular weight excluding hydrogens is 432 g/mol. The van der Waals surface area contributed by atoms with Gasteiger partial charge < -0.3 is 24.7 Å². The van der Waals surface area contributed by atoms with E-state index < -0.39 is 12.1 Å². The Morgan fingerprint density at radius 2 is 2.00 bits per heavy atom. The number of aromatic nitrogens is 2. The first-order valence-corrected chi connectivity index (χ1v) is 11.6. The van der Waals surface area contributed by atoms with Gasteiger partial charge in [-0.3, -0.25) is 4.79 Å². The van der Waals surface area contributed by atoms with Crippen LogP contribution >= 0.6 is 0 Å². The highest BCUT2D eigenvalue weighted by molar-refractivity contribution is 6.12. The number of hydrogen-bond donors (Lipinski definition) is 2. The van der Waals surface area contributed by atoms with Crippen LogP contribution in [0.25, 0.3) is 11.0 Å². The summed E-state index contributed by atoms with van der Waals surface area (Å²) in [6.07, 6.45) is 2.70. The van der Waals surface area contributed by atoms with E-state index in [1.54, 1.807) is 10.8 Å². The molecule has 0 aliphatic carbocycles. The molecular formula is C26H32N4O4. The number of anilines is 2. The van der Waals surface area contributed by atoms with Gasteiger partial charge in [0.25, 0.3) is 5.91 Å². The molecule has 2 N–H and O–H groups in total. The number of rotatable bonds is 7. The molecule has 34 heavy (non-hydrogen) atoms. The number of nitrogens with one attached hydrogen (secondary N) is 2. The van der Waals surface area contributed by atoms with Crippen molar-refractivity contribution in [2.45, 2.75) is 46.3 Å². The molecule has 1 aromatic carbocycles. The minimum absolute atomic E-state index is 0.0717. The SMILES string of the molecule is COC(=O)c1c(NC(=O)C2CCCO2)c2cc(NCC(C)(C)C)cnc2n1Cc1ccccc1. The smallest absolute Gasteiger partial charge is 0.356 e. The van der Waals surface area contributed by atoms with Crippen LogP contribution in [0, 0.1) is 5.41 Å². The monoisotopic (exact) mass is 464 g/mol. The Morgan fingerprint density at radius 1 is 1.24 bits per heavy atom. The van der Waals surface area contributed by atoms with Gasteiger partial charge in [0, 0.05) is 25.1 Å². The van der Waals surface area contributed by atoms with Crippen molar-refractivity contribution in [2.24, 2.45) is 5.41 Å². The van der Waals surface area contributed by atoms with E-state index in [-0.39, 0.29) is 17.0 Å². The molecule has 2 aromatic heterocycles. The molecule has 1 fully saturated rings. The van der Waals surface area contributed by atoms with Crippen molar-refractivity contribution < 1.29 is 19.1 Å². The number of fused-ring (bicyclic) bond motifs is 1. The van der Waals surface area contributed by atoms with Crippen molar-refractivity contribution in [3.63, 3.8) is 0 Å². The fraction of sp³-hybridized carbons (Fsp3) is 0.423. The van der Waals surface area contributed by atoms with Gasteiger partial charge in [0.1, 0.15) is 11.8 Å². The maximum atomic E-state index is 13.0. The predicted molar refractivity (Wildman–Crippen MR) is 132 cm³/mol. The number of ether oxygens (including phenoxy) is 2. The third-order valence-electron chi connectivity index (χ3n) is 5.75. The molecule has 8 heteroatoms. The Balaban J connectivity index is 1.83. The quantitative estimate of drug-likeness (QED) is 0.502. The van der Waals surface area contributed by atoms with Crippen LogP contribution in [-0.4, -0.2) is 47.8 Å². The van der Waals surface area contributed by atoms with Gasteiger partial charge in [0.15, 0.2) is 5.69 Å². The Hall–Kier alpha value is -3.39. The summed E-state index contributed by atoms with van der Waals surface area (Å²) >= 11 is 0. The Morgan fingerprint density at radius 3 is 2.65 bits per heavy atom. The third kappa shape index (κ3) is 5.22. The van der Waals surface area contributed by atoms with Crippen LogP contribution < -0.4 is 10.6 Å². The van der Waals surface area contributed by atoms with Crippen LogP contribution in [0.1, 0.15) is 49.7 Å². The molecule has 180 valence electrons. The van der Waals surface area contributed by atoms with Gasteiger partial charge in [-0.25, -0.2) is 9.78 Å². The fourth-order valence-corrected chi connectivity index (χ4v) is 4.03. The van der Waals surface area contributed by atoms with Crippen molar-refractivity contribution in [1.82, 2.24) is 9.55 Å². The standard InChI is InChI=1S/C26H32N4O4/c1-26(2,3)16-28-18-13-19-21(29-24(31)20-11-8-12-34-20)22(25(32)33-4)30(23(19)27-14-18)15-17-9-6-5-7-10-17/h5-7,9-10,13-14,20,28H,8,11-12,15-16H2,1-4H3,(H,29,31). The number of carbonyl (C=O) groups excluding carboxylic acids is 2. The van der Waals surface area contributed by atoms with Crippen LogP contribution in [0.4, 0.5) is 11.4 Å². The first-order chi connectivity index (χ1) is 16.3. The molecule has 0 radical (unpaired) electrons. The number of benzene rings is 1. The highest BCUT2D eigenvalue weighted by Crippen LogP contribution is 2.34. The number of amides is 1. The molecule has 0 bridgehead atoms. The van der Waals surface area contributed by atoms with E-state index in [0.717, 1.165) is 24.2 Å². The number of pyridine rings is 1. The van der Waals surface area contributed by atoms with Gasteiger partial charge in [-0.15, -0.1) is 0 Å². The van der Waals surface area contributed by atoms with Crippen LogP contribution in [0.5, 0.6) is 0 Å². The molecule has 1 aliphatic rings. The molecule has 1 saturated heterocycles. The van der Waals surface area contributed by atoms with E-state index in [2.05, 4.69) is 31.4 Å². The topological polar surface area (TPSA) is 94.5 Å². The van der Waals surface area contributed by atoms with Gasteiger partial charge in [-0.2, -0.15) is 0 Å². The van der Waals surface area contributed by atoms with Gasteiger partial charge in [0.05, 0.1) is 24.7 Å². The largest absolute Gasteiger partial charge is 0.464 e. The lowest BCUT2D eigenvalue weighted by atomic mass is 9.97. The highest BCUT2D eigenvalue weighted by Gasteiger charge is 2.30. The molecule has 1 amide bonds. The highest BCUT2D eigenvalue weighted by atomic mass is 16.5. The molecule has 0 spiro atoms. The van der Waals surface area contributed by atoms with Crippen molar-refractivity contribution >= 4 is 34.3 Å². The molecule has 4 rings (SSSR count). The van der Waals surface area contributed by atoms with Gasteiger partial charge >= 0.3 is 5.97 Å². The average Bonchev–Trinajstić information content (AvgIpc) is 3.45. The van der Waals surface area contributed by atoms with Crippen LogP contribution in [0.15, 0.2) is 42.6 Å². The summed E-state index contributed by atoms with van der Waals surface area (Å²) in [5.74, 6) is -0.810. The van der Waals surface area contributed by atoms with E-state index >= 15 is 0 Å². The molecule has 3 heterocycles. The molecule has 0 saturated carbocycles. The lowest BCUT2D eigenvalue weighted by Crippen LogP contribution is -2.28. The molecule has 8 nitrogen and oxygen atoms in total. The van der Waals surface area contributed by atoms with Crippen LogP contribution in [-0.2, 0) is 20.8 Å². The van der Waals surface area contributed by atoms with Gasteiger partial charge in [-0.1, -0.05) is 51.1 Å². The van der Waals surface area contributed by atoms with E-state index in [9.17, 15) is 9.59 Å². The average molecular weight is 465 g/mol. The molecule has 1 atom stereocenters. The van der Waals surface area contributed by atoms with Crippen LogP contribution in [0.2, 0.25) is 0 Å². The summed E-state index contributed by atoms with van der Waals surface area (Å²) < 4.78 is 12.5. The number of carbonyl (C=O) groups is 2. The number of esters is 1. The van der Waals surface area contributed by atoms with Gasteiger partial charge in [-0.05, 0) is 29.9 Å². The van der Waals surface area contributed by atoms with Gasteiger partial charge in [0.2, 0.25) is 0 Å². The van der Waals surface area contributed by atoms with E-state index in [1.807, 2.05) is 36.4 Å². The zero-order valence-corrected chi connectivity index (χ0v) is 20.2. The zero-order valence-electron chi connectivity index (χ0n) is 20.2. The minimum Gasteiger partial charge on any atom is -0.464 e. The first-order valence-electron chi connectivity index (χ1n) is 11.6. The summed E-state index contributed by atoms with van der Waals surface area (Å²) in [5.41, 5.74) is 3.12. The number of nitrogens with zero attached hydrogens (tertiary/aromatic N) is 2. The van der Waals surface area contributed by atoms with Crippen molar-refractivity contribution in [2.75, 3.05) is 30.9 Å². The number of hydrogen-bond acceptors (Lipinski definition) is 6. The van der Waals surface area contributed by atoms with Crippen molar-refractivity contribution in [3.8, 4) is 0 Å². The predicted octanol–water partition coefficient (Wildman–Crippen LogP) is 4.45. The second-order valence-electron chi connectivity index (χ2n) is 9.79. The Kier molecular flexibility index (Phi) is 6.88. The second kappa shape index (κ2) is 9.85. The normalized spacial score (nSPS) is 15.9. The van der Waals surface area contributed by atoms with E-state index in [1.165, 1.54) is 7.11 Å². The summed E-state index contributed by atoms with van der Waals surface area (Å²) in [6.45, 7) is 8.13. The summed E-state index contributed by atoms with van der Waals surface area (Å²) in [5, 5.41) is 7.04. The molecule has 1 unspecified atom stereocenters. The lowest BCUT2D eigenvalue weighted by Gasteiger charge is -2.19. The summed E-state index contributed by atoms with van der Waals surface area (Å²) in [4.78, 5) is 30.7. The minimum atomic E-state index is -0.541. The fourth-order valence-electron chi connectivity index (χ4n) is 4.03.